The van der Waals surface area contributed by atoms with Gasteiger partial charge >= 0.3 is 0 Å². The van der Waals surface area contributed by atoms with Crippen LogP contribution in [0.15, 0.2) is 24.3 Å². The van der Waals surface area contributed by atoms with Gasteiger partial charge in [0, 0.05) is 13.2 Å². The predicted molar refractivity (Wildman–Crippen MR) is 68.6 cm³/mol. The molecule has 1 N–H and O–H groups in total. The Labute approximate surface area is 108 Å². The average molecular weight is 248 g/mol. The number of hydrogen-bond acceptors (Lipinski definition) is 3. The second-order valence-electron chi connectivity index (χ2n) is 5.28. The van der Waals surface area contributed by atoms with E-state index in [1.165, 1.54) is 12.8 Å². The molecule has 0 amide bonds. The summed E-state index contributed by atoms with van der Waals surface area (Å²) < 4.78 is 11.0. The lowest BCUT2D eigenvalue weighted by Crippen LogP contribution is -2.21. The van der Waals surface area contributed by atoms with Gasteiger partial charge in [-0.15, -0.1) is 0 Å². The van der Waals surface area contributed by atoms with E-state index in [9.17, 15) is 5.11 Å². The van der Waals surface area contributed by atoms with E-state index in [4.69, 9.17) is 9.47 Å². The lowest BCUT2D eigenvalue weighted by molar-refractivity contribution is 0.00717. The average Bonchev–Trinajstić information content (AvgIpc) is 3.24. The van der Waals surface area contributed by atoms with Crippen LogP contribution in [-0.4, -0.2) is 24.4 Å². The van der Waals surface area contributed by atoms with Crippen molar-refractivity contribution in [1.29, 1.82) is 0 Å². The fourth-order valence-corrected chi connectivity index (χ4v) is 2.43. The number of aliphatic hydroxyl groups excluding tert-OH is 1. The van der Waals surface area contributed by atoms with Gasteiger partial charge in [0.15, 0.2) is 0 Å². The van der Waals surface area contributed by atoms with Gasteiger partial charge in [-0.1, -0.05) is 12.1 Å². The molecule has 0 spiro atoms. The minimum Gasteiger partial charge on any atom is -0.490 e. The molecule has 1 aromatic carbocycles. The minimum absolute atomic E-state index is 0.328. The van der Waals surface area contributed by atoms with E-state index in [1.54, 1.807) is 0 Å². The van der Waals surface area contributed by atoms with Crippen LogP contribution in [0.3, 0.4) is 0 Å². The molecule has 1 unspecified atom stereocenters. The molecule has 3 heteroatoms. The first-order valence-electron chi connectivity index (χ1n) is 6.85. The van der Waals surface area contributed by atoms with Gasteiger partial charge in [0.2, 0.25) is 0 Å². The van der Waals surface area contributed by atoms with Gasteiger partial charge in [-0.05, 0) is 49.3 Å². The third kappa shape index (κ3) is 2.85. The van der Waals surface area contributed by atoms with Crippen LogP contribution >= 0.6 is 0 Å². The summed E-state index contributed by atoms with van der Waals surface area (Å²) in [7, 11) is 0. The lowest BCUT2D eigenvalue weighted by atomic mass is 9.89. The highest BCUT2D eigenvalue weighted by molar-refractivity contribution is 5.29. The summed E-state index contributed by atoms with van der Waals surface area (Å²) >= 11 is 0. The third-order valence-corrected chi connectivity index (χ3v) is 3.76. The van der Waals surface area contributed by atoms with Gasteiger partial charge in [-0.25, -0.2) is 0 Å². The van der Waals surface area contributed by atoms with Crippen LogP contribution in [0.1, 0.15) is 37.4 Å². The molecule has 3 rings (SSSR count). The number of hydrogen-bond donors (Lipinski definition) is 1. The zero-order valence-corrected chi connectivity index (χ0v) is 10.5. The summed E-state index contributed by atoms with van der Waals surface area (Å²) in [6.45, 7) is 1.54. The molecule has 1 saturated carbocycles. The second-order valence-corrected chi connectivity index (χ2v) is 5.28. The molecule has 1 atom stereocenters. The zero-order chi connectivity index (χ0) is 12.4. The Kier molecular flexibility index (Phi) is 3.52. The molecule has 1 aliphatic heterocycles. The first-order valence-corrected chi connectivity index (χ1v) is 6.85. The molecule has 1 aliphatic carbocycles. The van der Waals surface area contributed by atoms with E-state index >= 15 is 0 Å². The van der Waals surface area contributed by atoms with E-state index in [-0.39, 0.29) is 6.10 Å². The summed E-state index contributed by atoms with van der Waals surface area (Å²) in [6.07, 6.45) is 4.29. The predicted octanol–water partition coefficient (Wildman–Crippen LogP) is 2.69. The molecule has 0 bridgehead atoms. The monoisotopic (exact) mass is 248 g/mol. The molecule has 3 nitrogen and oxygen atoms in total. The van der Waals surface area contributed by atoms with E-state index in [1.807, 2.05) is 24.3 Å². The number of aliphatic hydroxyl groups is 1. The Morgan fingerprint density at radius 2 is 1.72 bits per heavy atom. The van der Waals surface area contributed by atoms with Gasteiger partial charge in [0.25, 0.3) is 0 Å². The normalized spacial score (nSPS) is 22.7. The van der Waals surface area contributed by atoms with Crippen molar-refractivity contribution in [2.24, 2.45) is 5.92 Å². The Bertz CT molecular complexity index is 377. The van der Waals surface area contributed by atoms with Gasteiger partial charge in [0.05, 0.1) is 12.2 Å². The standard InChI is InChI=1S/C15H20O3/c16-15(12-7-9-17-10-8-12)11-1-3-13(4-2-11)18-14-5-6-14/h1-4,12,14-16H,5-10H2. The highest BCUT2D eigenvalue weighted by Crippen LogP contribution is 2.32. The number of benzene rings is 1. The van der Waals surface area contributed by atoms with Crippen molar-refractivity contribution in [3.05, 3.63) is 29.8 Å². The summed E-state index contributed by atoms with van der Waals surface area (Å²) in [5, 5.41) is 10.3. The van der Waals surface area contributed by atoms with Gasteiger partial charge in [-0.2, -0.15) is 0 Å². The van der Waals surface area contributed by atoms with E-state index in [0.717, 1.165) is 37.4 Å². The first-order chi connectivity index (χ1) is 8.83. The van der Waals surface area contributed by atoms with Crippen molar-refractivity contribution in [2.75, 3.05) is 13.2 Å². The topological polar surface area (TPSA) is 38.7 Å². The van der Waals surface area contributed by atoms with Crippen molar-refractivity contribution < 1.29 is 14.6 Å². The summed E-state index contributed by atoms with van der Waals surface area (Å²) in [4.78, 5) is 0. The summed E-state index contributed by atoms with van der Waals surface area (Å²) in [5.74, 6) is 1.24. The SMILES string of the molecule is OC(c1ccc(OC2CC2)cc1)C1CCOCC1. The molecule has 98 valence electrons. The molecule has 1 aromatic rings. The van der Waals surface area contributed by atoms with Gasteiger partial charge in [-0.3, -0.25) is 0 Å². The Morgan fingerprint density at radius 1 is 1.06 bits per heavy atom. The van der Waals surface area contributed by atoms with Crippen LogP contribution in [0.5, 0.6) is 5.75 Å². The lowest BCUT2D eigenvalue weighted by Gasteiger charge is -2.27. The molecular weight excluding hydrogens is 228 g/mol. The van der Waals surface area contributed by atoms with Crippen molar-refractivity contribution in [1.82, 2.24) is 0 Å². The quantitative estimate of drug-likeness (QED) is 0.890. The fourth-order valence-electron chi connectivity index (χ4n) is 2.43. The largest absolute Gasteiger partial charge is 0.490 e. The Morgan fingerprint density at radius 3 is 2.33 bits per heavy atom. The maximum Gasteiger partial charge on any atom is 0.119 e. The van der Waals surface area contributed by atoms with Crippen LogP contribution in [0.2, 0.25) is 0 Å². The number of ether oxygens (including phenoxy) is 2. The van der Waals surface area contributed by atoms with Gasteiger partial charge < -0.3 is 14.6 Å². The first kappa shape index (κ1) is 12.0. The number of rotatable bonds is 4. The van der Waals surface area contributed by atoms with E-state index in [0.29, 0.717) is 12.0 Å². The Balaban J connectivity index is 1.63. The van der Waals surface area contributed by atoms with Crippen molar-refractivity contribution in [3.8, 4) is 5.75 Å². The maximum absolute atomic E-state index is 10.3. The smallest absolute Gasteiger partial charge is 0.119 e. The highest BCUT2D eigenvalue weighted by Gasteiger charge is 2.25. The summed E-state index contributed by atoms with van der Waals surface area (Å²) in [5.41, 5.74) is 0.991. The molecule has 0 aromatic heterocycles. The van der Waals surface area contributed by atoms with Crippen LogP contribution in [0, 0.1) is 5.92 Å². The second kappa shape index (κ2) is 5.29. The molecule has 1 heterocycles. The molecule has 1 saturated heterocycles. The van der Waals surface area contributed by atoms with Crippen LogP contribution in [0.25, 0.3) is 0 Å². The summed E-state index contributed by atoms with van der Waals surface area (Å²) in [6, 6.07) is 7.90. The van der Waals surface area contributed by atoms with Crippen molar-refractivity contribution >= 4 is 0 Å². The molecule has 2 fully saturated rings. The van der Waals surface area contributed by atoms with E-state index in [2.05, 4.69) is 0 Å². The molecule has 2 aliphatic rings. The van der Waals surface area contributed by atoms with Crippen molar-refractivity contribution in [3.63, 3.8) is 0 Å². The van der Waals surface area contributed by atoms with Crippen LogP contribution < -0.4 is 4.74 Å². The Hall–Kier alpha value is -1.06. The van der Waals surface area contributed by atoms with Gasteiger partial charge in [0.1, 0.15) is 5.75 Å². The zero-order valence-electron chi connectivity index (χ0n) is 10.5. The molecular formula is C15H20O3. The van der Waals surface area contributed by atoms with Crippen LogP contribution in [0.4, 0.5) is 0 Å². The van der Waals surface area contributed by atoms with E-state index < -0.39 is 0 Å². The highest BCUT2D eigenvalue weighted by atomic mass is 16.5. The third-order valence-electron chi connectivity index (χ3n) is 3.76. The molecule has 18 heavy (non-hydrogen) atoms. The maximum atomic E-state index is 10.3. The fraction of sp³-hybridized carbons (Fsp3) is 0.600. The van der Waals surface area contributed by atoms with Crippen LogP contribution in [-0.2, 0) is 4.74 Å². The minimum atomic E-state index is -0.371. The van der Waals surface area contributed by atoms with Crippen molar-refractivity contribution in [2.45, 2.75) is 37.9 Å². The molecule has 0 radical (unpaired) electrons.